The Labute approximate surface area is 183 Å². The number of carbonyl (C=O) groups is 1. The lowest BCUT2D eigenvalue weighted by atomic mass is 9.99. The van der Waals surface area contributed by atoms with Crippen molar-refractivity contribution in [2.24, 2.45) is 0 Å². The van der Waals surface area contributed by atoms with E-state index in [0.717, 1.165) is 64.4 Å². The molecule has 2 aromatic carbocycles. The lowest BCUT2D eigenvalue weighted by Crippen LogP contribution is -2.03. The second-order valence-corrected chi connectivity index (χ2v) is 8.55. The maximum atomic E-state index is 12.8. The number of thiazole rings is 1. The topological polar surface area (TPSA) is 56.0 Å². The normalized spacial score (nSPS) is 11.5. The first-order chi connectivity index (χ1) is 14.7. The third kappa shape index (κ3) is 5.61. The summed E-state index contributed by atoms with van der Waals surface area (Å²) < 4.78 is 38.3. The molecule has 0 fully saturated rings. The van der Waals surface area contributed by atoms with Crippen molar-refractivity contribution in [3.63, 3.8) is 0 Å². The molecule has 0 radical (unpaired) electrons. The molecule has 1 heterocycles. The Morgan fingerprint density at radius 3 is 2.48 bits per heavy atom. The van der Waals surface area contributed by atoms with Gasteiger partial charge in [-0.2, -0.15) is 13.2 Å². The van der Waals surface area contributed by atoms with E-state index in [9.17, 15) is 18.0 Å². The van der Waals surface area contributed by atoms with Crippen molar-refractivity contribution >= 4 is 28.9 Å². The van der Waals surface area contributed by atoms with Gasteiger partial charge < -0.3 is 10.5 Å². The van der Waals surface area contributed by atoms with E-state index < -0.39 is 11.7 Å². The van der Waals surface area contributed by atoms with Gasteiger partial charge in [-0.3, -0.25) is 0 Å². The molecule has 2 N–H and O–H groups in total. The number of nitrogens with two attached hydrogens (primary N) is 1. The number of aldehydes is 1. The molecule has 0 aliphatic carbocycles. The fourth-order valence-corrected chi connectivity index (χ4v) is 4.31. The van der Waals surface area contributed by atoms with Gasteiger partial charge in [-0.15, -0.1) is 11.3 Å². The number of aryl methyl sites for hydroxylation is 3. The summed E-state index contributed by atoms with van der Waals surface area (Å²) in [5.74, 6) is 0. The molecule has 162 valence electrons. The molecule has 3 aromatic rings. The number of allylic oxidation sites excluding steroid dienone is 1. The predicted octanol–water partition coefficient (Wildman–Crippen LogP) is 6.50. The molecular weight excluding hydrogens is 421 g/mol. The molecule has 7 heteroatoms. The number of benzene rings is 2. The Morgan fingerprint density at radius 1 is 1.16 bits per heavy atom. The van der Waals surface area contributed by atoms with Crippen LogP contribution in [-0.4, -0.2) is 11.3 Å². The smallest absolute Gasteiger partial charge is 0.398 e. The van der Waals surface area contributed by atoms with Gasteiger partial charge in [0.1, 0.15) is 11.3 Å². The molecule has 0 aliphatic heterocycles. The molecule has 0 spiro atoms. The largest absolute Gasteiger partial charge is 0.416 e. The Bertz CT molecular complexity index is 1090. The van der Waals surface area contributed by atoms with Crippen molar-refractivity contribution in [1.82, 2.24) is 4.98 Å². The summed E-state index contributed by atoms with van der Waals surface area (Å²) in [4.78, 5) is 16.4. The zero-order valence-electron chi connectivity index (χ0n) is 17.1. The highest BCUT2D eigenvalue weighted by Gasteiger charge is 2.30. The second-order valence-electron chi connectivity index (χ2n) is 7.35. The zero-order chi connectivity index (χ0) is 22.6. The Kier molecular flexibility index (Phi) is 6.95. The van der Waals surface area contributed by atoms with Gasteiger partial charge in [-0.1, -0.05) is 30.8 Å². The van der Waals surface area contributed by atoms with E-state index in [1.807, 2.05) is 25.1 Å². The van der Waals surface area contributed by atoms with Crippen LogP contribution < -0.4 is 5.73 Å². The van der Waals surface area contributed by atoms with Crippen LogP contribution in [0.3, 0.4) is 0 Å². The maximum absolute atomic E-state index is 12.8. The molecule has 3 rings (SSSR count). The summed E-state index contributed by atoms with van der Waals surface area (Å²) in [6.07, 6.45) is -0.824. The number of nitrogens with zero attached hydrogens (tertiary/aromatic N) is 1. The quantitative estimate of drug-likeness (QED) is 0.319. The highest BCUT2D eigenvalue weighted by Crippen LogP contribution is 2.33. The van der Waals surface area contributed by atoms with Gasteiger partial charge in [-0.05, 0) is 55.5 Å². The zero-order valence-corrected chi connectivity index (χ0v) is 17.9. The van der Waals surface area contributed by atoms with E-state index in [0.29, 0.717) is 16.8 Å². The van der Waals surface area contributed by atoms with Crippen LogP contribution in [0.4, 0.5) is 18.9 Å². The molecule has 31 heavy (non-hydrogen) atoms. The Hall–Kier alpha value is -2.93. The third-order valence-electron chi connectivity index (χ3n) is 5.06. The van der Waals surface area contributed by atoms with Crippen LogP contribution in [0.5, 0.6) is 0 Å². The van der Waals surface area contributed by atoms with Crippen LogP contribution in [-0.2, 0) is 23.8 Å². The lowest BCUT2D eigenvalue weighted by Gasteiger charge is -2.09. The highest BCUT2D eigenvalue weighted by molar-refractivity contribution is 7.15. The summed E-state index contributed by atoms with van der Waals surface area (Å²) in [5.41, 5.74) is 10.3. The minimum Gasteiger partial charge on any atom is -0.398 e. The molecule has 0 bridgehead atoms. The summed E-state index contributed by atoms with van der Waals surface area (Å²) in [6.45, 7) is 5.86. The third-order valence-corrected chi connectivity index (χ3v) is 6.12. The van der Waals surface area contributed by atoms with Gasteiger partial charge in [0, 0.05) is 28.1 Å². The van der Waals surface area contributed by atoms with E-state index in [1.54, 1.807) is 0 Å². The lowest BCUT2D eigenvalue weighted by molar-refractivity contribution is -0.137. The second kappa shape index (κ2) is 9.47. The number of rotatable bonds is 8. The SMILES string of the molecule is C=C(CC=O)c1ccc(CCCc2nc(-c3ccc(C(F)(F)F)cc3)sc2C)cc1N. The fourth-order valence-electron chi connectivity index (χ4n) is 3.35. The predicted molar refractivity (Wildman–Crippen MR) is 120 cm³/mol. The van der Waals surface area contributed by atoms with Crippen LogP contribution in [0.15, 0.2) is 49.0 Å². The van der Waals surface area contributed by atoms with Crippen molar-refractivity contribution < 1.29 is 18.0 Å². The number of nitrogen functional groups attached to an aromatic ring is 1. The number of aromatic nitrogens is 1. The van der Waals surface area contributed by atoms with Crippen LogP contribution in [0.1, 0.15) is 40.1 Å². The van der Waals surface area contributed by atoms with Crippen molar-refractivity contribution in [2.45, 2.75) is 38.8 Å². The van der Waals surface area contributed by atoms with Gasteiger partial charge in [0.2, 0.25) is 0 Å². The van der Waals surface area contributed by atoms with Crippen LogP contribution >= 0.6 is 11.3 Å². The summed E-state index contributed by atoms with van der Waals surface area (Å²) in [6, 6.07) is 10.9. The molecule has 0 saturated heterocycles. The van der Waals surface area contributed by atoms with E-state index in [2.05, 4.69) is 11.6 Å². The number of carbonyl (C=O) groups excluding carboxylic acids is 1. The number of halogens is 3. The highest BCUT2D eigenvalue weighted by atomic mass is 32.1. The van der Waals surface area contributed by atoms with Gasteiger partial charge in [-0.25, -0.2) is 4.98 Å². The summed E-state index contributed by atoms with van der Waals surface area (Å²) >= 11 is 1.49. The van der Waals surface area contributed by atoms with E-state index in [4.69, 9.17) is 5.73 Å². The molecular formula is C24H23F3N2OS. The average Bonchev–Trinajstić information content (AvgIpc) is 3.08. The summed E-state index contributed by atoms with van der Waals surface area (Å²) in [5, 5.41) is 0.725. The molecule has 0 amide bonds. The van der Waals surface area contributed by atoms with Crippen molar-refractivity contribution in [2.75, 3.05) is 5.73 Å². The monoisotopic (exact) mass is 444 g/mol. The molecule has 0 unspecified atom stereocenters. The van der Waals surface area contributed by atoms with Gasteiger partial charge in [0.05, 0.1) is 11.3 Å². The molecule has 1 aromatic heterocycles. The Morgan fingerprint density at radius 2 is 1.87 bits per heavy atom. The first-order valence-electron chi connectivity index (χ1n) is 9.83. The standard InChI is InChI=1S/C24H23F3N2OS/c1-15(12-13-30)20-11-6-17(14-21(20)28)4-3-5-22-16(2)31-23(29-22)18-7-9-19(10-8-18)24(25,26)27/h6-11,13-14H,1,3-5,12,28H2,2H3. The first kappa shape index (κ1) is 22.7. The number of alkyl halides is 3. The van der Waals surface area contributed by atoms with Gasteiger partial charge in [0.25, 0.3) is 0 Å². The Balaban J connectivity index is 1.63. The van der Waals surface area contributed by atoms with E-state index in [-0.39, 0.29) is 6.42 Å². The van der Waals surface area contributed by atoms with Crippen LogP contribution in [0.25, 0.3) is 16.1 Å². The van der Waals surface area contributed by atoms with E-state index >= 15 is 0 Å². The van der Waals surface area contributed by atoms with Crippen molar-refractivity contribution in [3.8, 4) is 10.6 Å². The average molecular weight is 445 g/mol. The minimum atomic E-state index is -4.34. The van der Waals surface area contributed by atoms with Crippen LogP contribution in [0, 0.1) is 6.92 Å². The molecule has 0 saturated carbocycles. The van der Waals surface area contributed by atoms with Crippen molar-refractivity contribution in [3.05, 3.63) is 76.3 Å². The summed E-state index contributed by atoms with van der Waals surface area (Å²) in [7, 11) is 0. The fraction of sp³-hybridized carbons (Fsp3) is 0.250. The number of hydrogen-bond acceptors (Lipinski definition) is 4. The molecule has 3 nitrogen and oxygen atoms in total. The van der Waals surface area contributed by atoms with E-state index in [1.165, 1.54) is 23.5 Å². The minimum absolute atomic E-state index is 0.258. The molecule has 0 aliphatic rings. The molecule has 0 atom stereocenters. The number of anilines is 1. The van der Waals surface area contributed by atoms with Crippen molar-refractivity contribution in [1.29, 1.82) is 0 Å². The van der Waals surface area contributed by atoms with Crippen LogP contribution in [0.2, 0.25) is 0 Å². The number of hydrogen-bond donors (Lipinski definition) is 1. The first-order valence-corrected chi connectivity index (χ1v) is 10.6. The van der Waals surface area contributed by atoms with Gasteiger partial charge >= 0.3 is 6.18 Å². The maximum Gasteiger partial charge on any atom is 0.416 e. The van der Waals surface area contributed by atoms with Gasteiger partial charge in [0.15, 0.2) is 0 Å².